The summed E-state index contributed by atoms with van der Waals surface area (Å²) >= 11 is 0. The maximum atomic E-state index is 12.8. The Morgan fingerprint density at radius 3 is 2.12 bits per heavy atom. The van der Waals surface area contributed by atoms with Gasteiger partial charge in [-0.1, -0.05) is 48.5 Å². The van der Waals surface area contributed by atoms with Crippen LogP contribution >= 0.6 is 0 Å². The lowest BCUT2D eigenvalue weighted by Crippen LogP contribution is -2.60. The van der Waals surface area contributed by atoms with Gasteiger partial charge in [0, 0.05) is 33.2 Å². The van der Waals surface area contributed by atoms with E-state index in [1.54, 1.807) is 0 Å². The van der Waals surface area contributed by atoms with Crippen molar-refractivity contribution in [1.82, 2.24) is 10.6 Å². The fraction of sp³-hybridized carbons (Fsp3) is 0.400. The van der Waals surface area contributed by atoms with Gasteiger partial charge in [-0.15, -0.1) is 0 Å². The van der Waals surface area contributed by atoms with Gasteiger partial charge in [0.05, 0.1) is 6.61 Å². The molecule has 2 atom stereocenters. The van der Waals surface area contributed by atoms with Gasteiger partial charge >= 0.3 is 12.1 Å². The van der Waals surface area contributed by atoms with Gasteiger partial charge in [-0.2, -0.15) is 0 Å². The Morgan fingerprint density at radius 2 is 1.59 bits per heavy atom. The van der Waals surface area contributed by atoms with Crippen LogP contribution in [-0.4, -0.2) is 68.7 Å². The van der Waals surface area contributed by atoms with Crippen molar-refractivity contribution in [3.05, 3.63) is 59.7 Å². The van der Waals surface area contributed by atoms with E-state index >= 15 is 0 Å². The highest BCUT2D eigenvalue weighted by molar-refractivity contribution is 5.91. The molecule has 1 aliphatic rings. The van der Waals surface area contributed by atoms with Gasteiger partial charge in [0.1, 0.15) is 12.6 Å². The Labute approximate surface area is 198 Å². The fourth-order valence-corrected chi connectivity index (χ4v) is 4.09. The summed E-state index contributed by atoms with van der Waals surface area (Å²) in [4.78, 5) is 37.1. The number of alkyl carbamates (subject to hydrolysis) is 1. The second-order valence-corrected chi connectivity index (χ2v) is 8.36. The summed E-state index contributed by atoms with van der Waals surface area (Å²) in [7, 11) is 2.80. The monoisotopic (exact) mass is 470 g/mol. The van der Waals surface area contributed by atoms with Crippen LogP contribution in [0.2, 0.25) is 0 Å². The van der Waals surface area contributed by atoms with Gasteiger partial charge in [0.25, 0.3) is 0 Å². The second-order valence-electron chi connectivity index (χ2n) is 8.36. The van der Waals surface area contributed by atoms with E-state index in [9.17, 15) is 19.5 Å². The van der Waals surface area contributed by atoms with Crippen molar-refractivity contribution < 1.29 is 33.7 Å². The molecule has 2 unspecified atom stereocenters. The largest absolute Gasteiger partial charge is 0.479 e. The fourth-order valence-electron chi connectivity index (χ4n) is 4.09. The first-order valence-corrected chi connectivity index (χ1v) is 11.0. The SMILES string of the molecule is COCCC(NC(=O)OCC1c2ccccc2-c2ccccc21)C(=O)NC(C)(COC)C(=O)O. The second kappa shape index (κ2) is 11.1. The van der Waals surface area contributed by atoms with Crippen LogP contribution in [0.1, 0.15) is 30.4 Å². The summed E-state index contributed by atoms with van der Waals surface area (Å²) in [5.41, 5.74) is 2.70. The third-order valence-corrected chi connectivity index (χ3v) is 5.87. The first-order valence-electron chi connectivity index (χ1n) is 11.0. The molecular weight excluding hydrogens is 440 g/mol. The number of carboxylic acids is 1. The Bertz CT molecular complexity index is 996. The standard InChI is InChI=1S/C25H30N2O7/c1-25(15-33-3,23(29)30)27-22(28)21(12-13-32-2)26-24(31)34-14-20-18-10-6-4-8-16(18)17-9-5-7-11-19(17)20/h4-11,20-21H,12-15H2,1-3H3,(H,26,31)(H,27,28)(H,29,30). The first kappa shape index (κ1) is 25.2. The quantitative estimate of drug-likeness (QED) is 0.461. The summed E-state index contributed by atoms with van der Waals surface area (Å²) in [5.74, 6) is -2.05. The number of fused-ring (bicyclic) bond motifs is 3. The molecule has 0 aliphatic heterocycles. The van der Waals surface area contributed by atoms with Crippen LogP contribution in [0, 0.1) is 0 Å². The van der Waals surface area contributed by atoms with Crippen molar-refractivity contribution >= 4 is 18.0 Å². The zero-order valence-corrected chi connectivity index (χ0v) is 19.5. The summed E-state index contributed by atoms with van der Waals surface area (Å²) in [6.45, 7) is 1.36. The van der Waals surface area contributed by atoms with Crippen molar-refractivity contribution in [2.24, 2.45) is 0 Å². The minimum Gasteiger partial charge on any atom is -0.479 e. The topological polar surface area (TPSA) is 123 Å². The summed E-state index contributed by atoms with van der Waals surface area (Å²) in [5, 5.41) is 14.5. The van der Waals surface area contributed by atoms with E-state index in [2.05, 4.69) is 10.6 Å². The van der Waals surface area contributed by atoms with Gasteiger partial charge in [-0.05, 0) is 29.2 Å². The van der Waals surface area contributed by atoms with Gasteiger partial charge in [0.2, 0.25) is 5.91 Å². The molecule has 0 radical (unpaired) electrons. The first-order chi connectivity index (χ1) is 16.3. The number of methoxy groups -OCH3 is 2. The van der Waals surface area contributed by atoms with Crippen molar-refractivity contribution in [3.8, 4) is 11.1 Å². The normalized spacial score (nSPS) is 14.9. The molecule has 3 N–H and O–H groups in total. The smallest absolute Gasteiger partial charge is 0.407 e. The molecule has 0 heterocycles. The van der Waals surface area contributed by atoms with Crippen molar-refractivity contribution in [3.63, 3.8) is 0 Å². The average molecular weight is 471 g/mol. The van der Waals surface area contributed by atoms with Crippen molar-refractivity contribution in [2.75, 3.05) is 34.0 Å². The molecule has 2 aromatic carbocycles. The average Bonchev–Trinajstić information content (AvgIpc) is 3.14. The number of hydrogen-bond donors (Lipinski definition) is 3. The van der Waals surface area contributed by atoms with Crippen molar-refractivity contribution in [1.29, 1.82) is 0 Å². The van der Waals surface area contributed by atoms with Gasteiger partial charge in [0.15, 0.2) is 5.54 Å². The minimum atomic E-state index is -1.65. The number of hydrogen-bond acceptors (Lipinski definition) is 6. The zero-order chi connectivity index (χ0) is 24.7. The lowest BCUT2D eigenvalue weighted by molar-refractivity contribution is -0.149. The van der Waals surface area contributed by atoms with E-state index in [0.717, 1.165) is 22.3 Å². The molecule has 9 nitrogen and oxygen atoms in total. The minimum absolute atomic E-state index is 0.0923. The highest BCUT2D eigenvalue weighted by Crippen LogP contribution is 2.44. The predicted octanol–water partition coefficient (Wildman–Crippen LogP) is 2.54. The number of benzene rings is 2. The molecule has 0 saturated heterocycles. The molecule has 0 aromatic heterocycles. The number of nitrogens with one attached hydrogen (secondary N) is 2. The Balaban J connectivity index is 1.67. The maximum Gasteiger partial charge on any atom is 0.407 e. The van der Waals surface area contributed by atoms with E-state index in [4.69, 9.17) is 14.2 Å². The van der Waals surface area contributed by atoms with Crippen LogP contribution in [0.3, 0.4) is 0 Å². The van der Waals surface area contributed by atoms with E-state index in [1.165, 1.54) is 21.1 Å². The number of rotatable bonds is 11. The van der Waals surface area contributed by atoms with Crippen LogP contribution in [0.5, 0.6) is 0 Å². The summed E-state index contributed by atoms with van der Waals surface area (Å²) in [6.07, 6.45) is -0.642. The number of carboxylic acid groups (broad SMARTS) is 1. The number of ether oxygens (including phenoxy) is 3. The summed E-state index contributed by atoms with van der Waals surface area (Å²) < 4.78 is 15.5. The molecule has 3 rings (SSSR count). The van der Waals surface area contributed by atoms with Crippen LogP contribution in [0.25, 0.3) is 11.1 Å². The third kappa shape index (κ3) is 5.55. The zero-order valence-electron chi connectivity index (χ0n) is 19.5. The Hall–Kier alpha value is -3.43. The van der Waals surface area contributed by atoms with Gasteiger partial charge in [-0.25, -0.2) is 9.59 Å². The molecule has 34 heavy (non-hydrogen) atoms. The molecule has 0 bridgehead atoms. The Kier molecular flexibility index (Phi) is 8.25. The molecule has 0 spiro atoms. The number of aliphatic carboxylic acids is 1. The number of carbonyl (C=O) groups excluding carboxylic acids is 2. The predicted molar refractivity (Wildman–Crippen MR) is 125 cm³/mol. The lowest BCUT2D eigenvalue weighted by atomic mass is 9.98. The van der Waals surface area contributed by atoms with E-state index in [0.29, 0.717) is 0 Å². The van der Waals surface area contributed by atoms with Crippen LogP contribution < -0.4 is 10.6 Å². The van der Waals surface area contributed by atoms with Gasteiger partial charge < -0.3 is 30.0 Å². The number of amides is 2. The van der Waals surface area contributed by atoms with E-state index < -0.39 is 29.6 Å². The maximum absolute atomic E-state index is 12.8. The molecular formula is C25H30N2O7. The molecule has 182 valence electrons. The molecule has 0 saturated carbocycles. The third-order valence-electron chi connectivity index (χ3n) is 5.87. The Morgan fingerprint density at radius 1 is 1.00 bits per heavy atom. The highest BCUT2D eigenvalue weighted by atomic mass is 16.5. The van der Waals surface area contributed by atoms with Crippen LogP contribution in [-0.2, 0) is 23.8 Å². The number of carbonyl (C=O) groups is 3. The molecule has 2 amide bonds. The van der Waals surface area contributed by atoms with E-state index in [1.807, 2.05) is 48.5 Å². The molecule has 9 heteroatoms. The highest BCUT2D eigenvalue weighted by Gasteiger charge is 2.37. The van der Waals surface area contributed by atoms with Gasteiger partial charge in [-0.3, -0.25) is 4.79 Å². The lowest BCUT2D eigenvalue weighted by Gasteiger charge is -2.28. The van der Waals surface area contributed by atoms with Crippen LogP contribution in [0.15, 0.2) is 48.5 Å². The molecule has 2 aromatic rings. The summed E-state index contributed by atoms with van der Waals surface area (Å²) in [6, 6.07) is 14.9. The van der Waals surface area contributed by atoms with Crippen molar-refractivity contribution in [2.45, 2.75) is 30.8 Å². The van der Waals surface area contributed by atoms with Crippen LogP contribution in [0.4, 0.5) is 4.79 Å². The molecule has 1 aliphatic carbocycles. The molecule has 0 fully saturated rings. The van der Waals surface area contributed by atoms with E-state index in [-0.39, 0.29) is 32.2 Å².